The lowest BCUT2D eigenvalue weighted by Gasteiger charge is -2.25. The number of nitrogens with zero attached hydrogens (tertiary/aromatic N) is 1. The predicted octanol–water partition coefficient (Wildman–Crippen LogP) is 0.847. The Morgan fingerprint density at radius 3 is 2.23 bits per heavy atom. The fourth-order valence-corrected chi connectivity index (χ4v) is 2.43. The second-order valence-electron chi connectivity index (χ2n) is 5.47. The first-order valence-corrected chi connectivity index (χ1v) is 8.89. The molecule has 6 nitrogen and oxygen atoms in total. The maximum atomic E-state index is 11.9. The smallest absolute Gasteiger partial charge is 0.238 e. The number of nitrogens with one attached hydrogen (secondary N) is 1. The highest BCUT2D eigenvalue weighted by Gasteiger charge is 2.24. The number of likely N-dealkylation sites (N-methyl/N-ethyl adjacent to an activating group) is 1. The van der Waals surface area contributed by atoms with Gasteiger partial charge in [-0.25, -0.2) is 8.42 Å². The number of hydrogen-bond acceptors (Lipinski definition) is 5. The van der Waals surface area contributed by atoms with Crippen LogP contribution in [0.1, 0.15) is 18.5 Å². The largest absolute Gasteiger partial charge is 0.497 e. The minimum Gasteiger partial charge on any atom is -0.497 e. The molecule has 0 heterocycles. The number of carbonyl (C=O) groups excluding carboxylic acids is 1. The van der Waals surface area contributed by atoms with Gasteiger partial charge in [0.2, 0.25) is 5.91 Å². The molecule has 0 spiro atoms. The highest BCUT2D eigenvalue weighted by molar-refractivity contribution is 7.92. The van der Waals surface area contributed by atoms with Gasteiger partial charge in [-0.15, -0.1) is 0 Å². The molecule has 1 N–H and O–H groups in total. The second kappa shape index (κ2) is 7.60. The van der Waals surface area contributed by atoms with Crippen LogP contribution in [0.15, 0.2) is 24.3 Å². The standard InChI is InChI=1S/C15H24N2O4S/c1-11(22(5,19)20)15(18)16-10-14(17(2)3)12-6-8-13(21-4)9-7-12/h6-9,11,14H,10H2,1-5H3,(H,16,18)/t11-,14+/m0/s1. The Kier molecular flexibility index (Phi) is 6.37. The van der Waals surface area contributed by atoms with Crippen molar-refractivity contribution in [2.75, 3.05) is 34.0 Å². The Morgan fingerprint density at radius 1 is 1.27 bits per heavy atom. The van der Waals surface area contributed by atoms with Gasteiger partial charge in [-0.1, -0.05) is 12.1 Å². The van der Waals surface area contributed by atoms with Gasteiger partial charge in [-0.05, 0) is 38.7 Å². The van der Waals surface area contributed by atoms with Gasteiger partial charge in [-0.2, -0.15) is 0 Å². The highest BCUT2D eigenvalue weighted by atomic mass is 32.2. The first kappa shape index (κ1) is 18.4. The van der Waals surface area contributed by atoms with Crippen LogP contribution in [0.25, 0.3) is 0 Å². The van der Waals surface area contributed by atoms with Crippen LogP contribution < -0.4 is 10.1 Å². The number of sulfone groups is 1. The first-order valence-electron chi connectivity index (χ1n) is 6.93. The summed E-state index contributed by atoms with van der Waals surface area (Å²) in [7, 11) is 2.02. The Bertz CT molecular complexity index is 596. The van der Waals surface area contributed by atoms with Crippen LogP contribution in [-0.2, 0) is 14.6 Å². The Hall–Kier alpha value is -1.60. The van der Waals surface area contributed by atoms with Crippen LogP contribution in [-0.4, -0.2) is 58.5 Å². The molecule has 1 aromatic carbocycles. The molecule has 0 aliphatic heterocycles. The molecule has 2 atom stereocenters. The van der Waals surface area contributed by atoms with Crippen LogP contribution in [0.3, 0.4) is 0 Å². The van der Waals surface area contributed by atoms with Crippen molar-refractivity contribution in [1.29, 1.82) is 0 Å². The average Bonchev–Trinajstić information content (AvgIpc) is 2.45. The summed E-state index contributed by atoms with van der Waals surface area (Å²) in [5.74, 6) is 0.277. The lowest BCUT2D eigenvalue weighted by atomic mass is 10.1. The average molecular weight is 328 g/mol. The summed E-state index contributed by atoms with van der Waals surface area (Å²) in [6.45, 7) is 1.72. The van der Waals surface area contributed by atoms with E-state index in [4.69, 9.17) is 4.74 Å². The van der Waals surface area contributed by atoms with E-state index < -0.39 is 21.0 Å². The van der Waals surface area contributed by atoms with Crippen molar-refractivity contribution in [2.45, 2.75) is 18.2 Å². The fraction of sp³-hybridized carbons (Fsp3) is 0.533. The van der Waals surface area contributed by atoms with Gasteiger partial charge in [0.15, 0.2) is 9.84 Å². The van der Waals surface area contributed by atoms with Crippen molar-refractivity contribution in [2.24, 2.45) is 0 Å². The third-order valence-electron chi connectivity index (χ3n) is 3.61. The van der Waals surface area contributed by atoms with Gasteiger partial charge in [0.1, 0.15) is 11.0 Å². The zero-order valence-corrected chi connectivity index (χ0v) is 14.5. The van der Waals surface area contributed by atoms with E-state index in [2.05, 4.69) is 5.32 Å². The molecule has 0 fully saturated rings. The van der Waals surface area contributed by atoms with Gasteiger partial charge in [0, 0.05) is 12.8 Å². The van der Waals surface area contributed by atoms with E-state index in [1.165, 1.54) is 6.92 Å². The molecule has 0 aliphatic rings. The molecule has 1 rings (SSSR count). The summed E-state index contributed by atoms with van der Waals surface area (Å²) < 4.78 is 27.9. The lowest BCUT2D eigenvalue weighted by molar-refractivity contribution is -0.120. The molecule has 0 saturated heterocycles. The van der Waals surface area contributed by atoms with E-state index >= 15 is 0 Å². The maximum absolute atomic E-state index is 11.9. The van der Waals surface area contributed by atoms with Crippen LogP contribution >= 0.6 is 0 Å². The van der Waals surface area contributed by atoms with E-state index in [1.807, 2.05) is 43.3 Å². The fourth-order valence-electron chi connectivity index (χ4n) is 1.96. The number of methoxy groups -OCH3 is 1. The van der Waals surface area contributed by atoms with Gasteiger partial charge in [0.25, 0.3) is 0 Å². The van der Waals surface area contributed by atoms with Gasteiger partial charge in [0.05, 0.1) is 13.2 Å². The zero-order valence-electron chi connectivity index (χ0n) is 13.7. The Morgan fingerprint density at radius 2 is 1.82 bits per heavy atom. The van der Waals surface area contributed by atoms with Crippen molar-refractivity contribution < 1.29 is 17.9 Å². The molecule has 22 heavy (non-hydrogen) atoms. The van der Waals surface area contributed by atoms with Crippen molar-refractivity contribution in [3.05, 3.63) is 29.8 Å². The molecule has 0 radical (unpaired) electrons. The molecular weight excluding hydrogens is 304 g/mol. The molecule has 0 saturated carbocycles. The first-order chi connectivity index (χ1) is 10.2. The summed E-state index contributed by atoms with van der Waals surface area (Å²) in [5, 5.41) is 1.66. The highest BCUT2D eigenvalue weighted by Crippen LogP contribution is 2.20. The molecule has 0 bridgehead atoms. The van der Waals surface area contributed by atoms with Crippen molar-refractivity contribution >= 4 is 15.7 Å². The molecule has 1 amide bonds. The maximum Gasteiger partial charge on any atom is 0.238 e. The van der Waals surface area contributed by atoms with Crippen LogP contribution in [0.4, 0.5) is 0 Å². The summed E-state index contributed by atoms with van der Waals surface area (Å²) in [6, 6.07) is 7.51. The molecule has 0 aromatic heterocycles. The summed E-state index contributed by atoms with van der Waals surface area (Å²) in [4.78, 5) is 13.9. The van der Waals surface area contributed by atoms with Crippen LogP contribution in [0.2, 0.25) is 0 Å². The van der Waals surface area contributed by atoms with Gasteiger partial charge < -0.3 is 15.0 Å². The quantitative estimate of drug-likeness (QED) is 0.803. The Balaban J connectivity index is 2.79. The zero-order chi connectivity index (χ0) is 16.9. The number of carbonyl (C=O) groups is 1. The monoisotopic (exact) mass is 328 g/mol. The molecule has 0 aliphatic carbocycles. The second-order valence-corrected chi connectivity index (χ2v) is 7.84. The normalized spacial score (nSPS) is 14.5. The van der Waals surface area contributed by atoms with E-state index in [-0.39, 0.29) is 6.04 Å². The molecular formula is C15H24N2O4S. The minimum atomic E-state index is -3.39. The van der Waals surface area contributed by atoms with Gasteiger partial charge >= 0.3 is 0 Å². The lowest BCUT2D eigenvalue weighted by Crippen LogP contribution is -2.41. The SMILES string of the molecule is COc1ccc([C@@H](CNC(=O)[C@H](C)S(C)(=O)=O)N(C)C)cc1. The van der Waals surface area contributed by atoms with Crippen molar-refractivity contribution in [3.8, 4) is 5.75 Å². The molecule has 124 valence electrons. The summed E-state index contributed by atoms with van der Waals surface area (Å²) in [6.07, 6.45) is 1.06. The number of rotatable bonds is 7. The number of amides is 1. The molecule has 1 aromatic rings. The van der Waals surface area contributed by atoms with Crippen molar-refractivity contribution in [1.82, 2.24) is 10.2 Å². The van der Waals surface area contributed by atoms with Crippen LogP contribution in [0.5, 0.6) is 5.75 Å². The van der Waals surface area contributed by atoms with E-state index in [0.717, 1.165) is 17.6 Å². The molecule has 0 unspecified atom stereocenters. The van der Waals surface area contributed by atoms with Gasteiger partial charge in [-0.3, -0.25) is 4.79 Å². The number of ether oxygens (including phenoxy) is 1. The summed E-state index contributed by atoms with van der Waals surface area (Å²) in [5.41, 5.74) is 1.01. The number of benzene rings is 1. The third kappa shape index (κ3) is 4.99. The van der Waals surface area contributed by atoms with E-state index in [0.29, 0.717) is 6.54 Å². The topological polar surface area (TPSA) is 75.7 Å². The van der Waals surface area contributed by atoms with Crippen LogP contribution in [0, 0.1) is 0 Å². The predicted molar refractivity (Wildman–Crippen MR) is 86.7 cm³/mol. The minimum absolute atomic E-state index is 0.0541. The Labute approximate surface area is 132 Å². The summed E-state index contributed by atoms with van der Waals surface area (Å²) >= 11 is 0. The van der Waals surface area contributed by atoms with Crippen molar-refractivity contribution in [3.63, 3.8) is 0 Å². The third-order valence-corrected chi connectivity index (χ3v) is 5.10. The number of hydrogen-bond donors (Lipinski definition) is 1. The molecule has 7 heteroatoms. The van der Waals surface area contributed by atoms with E-state index in [9.17, 15) is 13.2 Å². The van der Waals surface area contributed by atoms with E-state index in [1.54, 1.807) is 7.11 Å².